The van der Waals surface area contributed by atoms with Crippen molar-refractivity contribution in [2.75, 3.05) is 26.4 Å². The normalized spacial score (nSPS) is 19.7. The van der Waals surface area contributed by atoms with E-state index in [0.717, 1.165) is 13.1 Å². The Bertz CT molecular complexity index is 533. The molecular weight excluding hydrogens is 240 g/mol. The van der Waals surface area contributed by atoms with E-state index >= 15 is 0 Å². The average molecular weight is 258 g/mol. The van der Waals surface area contributed by atoms with Crippen LogP contribution in [0.25, 0.3) is 10.8 Å². The molecule has 1 unspecified atom stereocenters. The van der Waals surface area contributed by atoms with Crippen molar-refractivity contribution in [3.63, 3.8) is 0 Å². The lowest BCUT2D eigenvalue weighted by Crippen LogP contribution is -2.37. The van der Waals surface area contributed by atoms with Crippen LogP contribution in [-0.2, 0) is 16.0 Å². The first kappa shape index (κ1) is 12.5. The molecule has 0 spiro atoms. The molecule has 0 bridgehead atoms. The number of pyridine rings is 1. The third kappa shape index (κ3) is 3.10. The second-order valence-electron chi connectivity index (χ2n) is 4.71. The maximum absolute atomic E-state index is 5.61. The summed E-state index contributed by atoms with van der Waals surface area (Å²) in [5.41, 5.74) is 1.29. The van der Waals surface area contributed by atoms with Gasteiger partial charge >= 0.3 is 0 Å². The Kier molecular flexibility index (Phi) is 4.03. The lowest BCUT2D eigenvalue weighted by molar-refractivity contribution is -0.0864. The fraction of sp³-hybridized carbons (Fsp3) is 0.400. The average Bonchev–Trinajstić information content (AvgIpc) is 2.49. The van der Waals surface area contributed by atoms with Crippen molar-refractivity contribution in [2.45, 2.75) is 12.6 Å². The van der Waals surface area contributed by atoms with Gasteiger partial charge < -0.3 is 14.8 Å². The number of fused-ring (bicyclic) bond motifs is 1. The van der Waals surface area contributed by atoms with Gasteiger partial charge in [-0.05, 0) is 17.0 Å². The van der Waals surface area contributed by atoms with Gasteiger partial charge in [0.15, 0.2) is 0 Å². The van der Waals surface area contributed by atoms with E-state index in [1.165, 1.54) is 16.3 Å². The molecule has 1 aliphatic rings. The van der Waals surface area contributed by atoms with Crippen LogP contribution in [0.5, 0.6) is 0 Å². The standard InChI is InChI=1S/C15H18N2O2/c1-2-12-8-16-5-4-15(12)13(3-1)9-17-10-14-11-18-6-7-19-14/h1-5,8,14,17H,6-7,9-11H2. The third-order valence-electron chi connectivity index (χ3n) is 3.34. The summed E-state index contributed by atoms with van der Waals surface area (Å²) in [4.78, 5) is 4.15. The summed E-state index contributed by atoms with van der Waals surface area (Å²) >= 11 is 0. The second-order valence-corrected chi connectivity index (χ2v) is 4.71. The lowest BCUT2D eigenvalue weighted by Gasteiger charge is -2.23. The van der Waals surface area contributed by atoms with Gasteiger partial charge in [0.1, 0.15) is 0 Å². The second kappa shape index (κ2) is 6.10. The van der Waals surface area contributed by atoms with Crippen molar-refractivity contribution in [1.82, 2.24) is 10.3 Å². The third-order valence-corrected chi connectivity index (χ3v) is 3.34. The predicted octanol–water partition coefficient (Wildman–Crippen LogP) is 1.74. The van der Waals surface area contributed by atoms with Gasteiger partial charge in [0, 0.05) is 30.9 Å². The van der Waals surface area contributed by atoms with E-state index in [2.05, 4.69) is 34.6 Å². The molecule has 1 atom stereocenters. The van der Waals surface area contributed by atoms with Crippen molar-refractivity contribution in [3.05, 3.63) is 42.2 Å². The maximum Gasteiger partial charge on any atom is 0.0933 e. The molecule has 1 aromatic carbocycles. The first-order valence-corrected chi connectivity index (χ1v) is 6.65. The van der Waals surface area contributed by atoms with Crippen LogP contribution in [0.2, 0.25) is 0 Å². The summed E-state index contributed by atoms with van der Waals surface area (Å²) < 4.78 is 11.0. The van der Waals surface area contributed by atoms with Crippen LogP contribution in [0, 0.1) is 0 Å². The van der Waals surface area contributed by atoms with Gasteiger partial charge in [-0.3, -0.25) is 4.98 Å². The molecule has 100 valence electrons. The molecule has 3 rings (SSSR count). The van der Waals surface area contributed by atoms with E-state index in [1.807, 2.05) is 12.4 Å². The van der Waals surface area contributed by atoms with E-state index in [1.54, 1.807) is 0 Å². The van der Waals surface area contributed by atoms with Gasteiger partial charge in [0.25, 0.3) is 0 Å². The van der Waals surface area contributed by atoms with Gasteiger partial charge in [-0.2, -0.15) is 0 Å². The van der Waals surface area contributed by atoms with Crippen molar-refractivity contribution < 1.29 is 9.47 Å². The molecule has 1 saturated heterocycles. The Morgan fingerprint density at radius 2 is 2.26 bits per heavy atom. The molecule has 0 radical (unpaired) electrons. The molecule has 4 nitrogen and oxygen atoms in total. The molecule has 1 aromatic heterocycles. The largest absolute Gasteiger partial charge is 0.376 e. The Hall–Kier alpha value is -1.49. The number of nitrogens with one attached hydrogen (secondary N) is 1. The van der Waals surface area contributed by atoms with Crippen LogP contribution in [0.15, 0.2) is 36.7 Å². The number of nitrogens with zero attached hydrogens (tertiary/aromatic N) is 1. The number of rotatable bonds is 4. The summed E-state index contributed by atoms with van der Waals surface area (Å²) in [6.07, 6.45) is 3.91. The first-order valence-electron chi connectivity index (χ1n) is 6.65. The number of benzene rings is 1. The van der Waals surface area contributed by atoms with Crippen molar-refractivity contribution >= 4 is 10.8 Å². The Balaban J connectivity index is 1.62. The van der Waals surface area contributed by atoms with Crippen molar-refractivity contribution in [1.29, 1.82) is 0 Å². The van der Waals surface area contributed by atoms with E-state index < -0.39 is 0 Å². The summed E-state index contributed by atoms with van der Waals surface area (Å²) in [5.74, 6) is 0. The van der Waals surface area contributed by atoms with Crippen molar-refractivity contribution in [3.8, 4) is 0 Å². The lowest BCUT2D eigenvalue weighted by atomic mass is 10.1. The number of hydrogen-bond donors (Lipinski definition) is 1. The zero-order valence-corrected chi connectivity index (χ0v) is 10.8. The van der Waals surface area contributed by atoms with Crippen LogP contribution in [-0.4, -0.2) is 37.5 Å². The van der Waals surface area contributed by atoms with Crippen LogP contribution in [0.3, 0.4) is 0 Å². The Morgan fingerprint density at radius 3 is 3.16 bits per heavy atom. The smallest absolute Gasteiger partial charge is 0.0933 e. The van der Waals surface area contributed by atoms with E-state index in [-0.39, 0.29) is 6.10 Å². The topological polar surface area (TPSA) is 43.4 Å². The van der Waals surface area contributed by atoms with Gasteiger partial charge in [-0.1, -0.05) is 18.2 Å². The molecule has 4 heteroatoms. The van der Waals surface area contributed by atoms with E-state index in [4.69, 9.17) is 9.47 Å². The molecule has 1 aliphatic heterocycles. The summed E-state index contributed by atoms with van der Waals surface area (Å²) in [5, 5.41) is 5.87. The Labute approximate surface area is 112 Å². The fourth-order valence-electron chi connectivity index (χ4n) is 2.37. The highest BCUT2D eigenvalue weighted by molar-refractivity contribution is 5.84. The first-order chi connectivity index (χ1) is 9.43. The monoisotopic (exact) mass is 258 g/mol. The summed E-state index contributed by atoms with van der Waals surface area (Å²) in [6.45, 7) is 3.76. The summed E-state index contributed by atoms with van der Waals surface area (Å²) in [7, 11) is 0. The van der Waals surface area contributed by atoms with Crippen LogP contribution in [0.1, 0.15) is 5.56 Å². The quantitative estimate of drug-likeness (QED) is 0.907. The highest BCUT2D eigenvalue weighted by Crippen LogP contribution is 2.17. The molecule has 1 N–H and O–H groups in total. The minimum absolute atomic E-state index is 0.172. The highest BCUT2D eigenvalue weighted by atomic mass is 16.6. The summed E-state index contributed by atoms with van der Waals surface area (Å²) in [6, 6.07) is 8.37. The molecule has 0 saturated carbocycles. The van der Waals surface area contributed by atoms with Gasteiger partial charge in [-0.15, -0.1) is 0 Å². The number of aromatic nitrogens is 1. The minimum atomic E-state index is 0.172. The van der Waals surface area contributed by atoms with Crippen molar-refractivity contribution in [2.24, 2.45) is 0 Å². The zero-order chi connectivity index (χ0) is 12.9. The van der Waals surface area contributed by atoms with Crippen LogP contribution < -0.4 is 5.32 Å². The Morgan fingerprint density at radius 1 is 1.26 bits per heavy atom. The van der Waals surface area contributed by atoms with Crippen LogP contribution in [0.4, 0.5) is 0 Å². The van der Waals surface area contributed by atoms with Gasteiger partial charge in [-0.25, -0.2) is 0 Å². The molecule has 19 heavy (non-hydrogen) atoms. The number of ether oxygens (including phenoxy) is 2. The minimum Gasteiger partial charge on any atom is -0.376 e. The molecule has 2 heterocycles. The molecular formula is C15H18N2O2. The maximum atomic E-state index is 5.61. The molecule has 1 fully saturated rings. The zero-order valence-electron chi connectivity index (χ0n) is 10.8. The molecule has 0 aliphatic carbocycles. The molecule has 2 aromatic rings. The van der Waals surface area contributed by atoms with E-state index in [9.17, 15) is 0 Å². The van der Waals surface area contributed by atoms with Crippen LogP contribution >= 0.6 is 0 Å². The molecule has 0 amide bonds. The van der Waals surface area contributed by atoms with E-state index in [0.29, 0.717) is 19.8 Å². The van der Waals surface area contributed by atoms with Gasteiger partial charge in [0.05, 0.1) is 25.9 Å². The SMILES string of the molecule is c1cc(CNCC2COCCO2)c2ccncc2c1. The predicted molar refractivity (Wildman–Crippen MR) is 74.0 cm³/mol. The highest BCUT2D eigenvalue weighted by Gasteiger charge is 2.13. The number of hydrogen-bond acceptors (Lipinski definition) is 4. The fourth-order valence-corrected chi connectivity index (χ4v) is 2.37. The van der Waals surface area contributed by atoms with Gasteiger partial charge in [0.2, 0.25) is 0 Å².